The maximum atomic E-state index is 10.9. The average Bonchev–Trinajstić information content (AvgIpc) is 2.30. The number of primary amides is 1. The van der Waals surface area contributed by atoms with Gasteiger partial charge in [-0.1, -0.05) is 0 Å². The quantitative estimate of drug-likeness (QED) is 0.333. The van der Waals surface area contributed by atoms with Gasteiger partial charge in [-0.2, -0.15) is 0 Å². The first kappa shape index (κ1) is 15.3. The minimum atomic E-state index is -1.37. The van der Waals surface area contributed by atoms with E-state index in [4.69, 9.17) is 17.2 Å². The van der Waals surface area contributed by atoms with Crippen molar-refractivity contribution >= 4 is 40.2 Å². The number of carbonyl (C=O) groups is 1. The molecule has 0 saturated heterocycles. The van der Waals surface area contributed by atoms with E-state index in [0.717, 1.165) is 0 Å². The Morgan fingerprint density at radius 3 is 1.62 bits per heavy atom. The van der Waals surface area contributed by atoms with Crippen LogP contribution in [0.15, 0.2) is 0 Å². The number of benzene rings is 1. The van der Waals surface area contributed by atoms with Crippen molar-refractivity contribution in [2.24, 2.45) is 5.73 Å². The Balaban J connectivity index is 4.00. The number of hydrogen-bond donors (Lipinski definition) is 4. The summed E-state index contributed by atoms with van der Waals surface area (Å²) in [6.45, 7) is 0. The Bertz CT molecular complexity index is 685. The van der Waals surface area contributed by atoms with E-state index >= 15 is 0 Å². The number of rotatable bonds is 4. The highest BCUT2D eigenvalue weighted by Gasteiger charge is 2.41. The SMILES string of the molecule is NC(=O)Nc1c(N)c([N+](=O)[O-])c(N)c([N+](=O)[O-])c1[N+](=O)[O-]. The summed E-state index contributed by atoms with van der Waals surface area (Å²) in [5.74, 6) is 0. The number of nitrogen functional groups attached to an aromatic ring is 2. The molecule has 0 unspecified atom stereocenters. The molecule has 14 nitrogen and oxygen atoms in total. The molecule has 0 heterocycles. The molecule has 0 saturated carbocycles. The highest BCUT2D eigenvalue weighted by atomic mass is 16.6. The van der Waals surface area contributed by atoms with Crippen molar-refractivity contribution in [2.45, 2.75) is 0 Å². The zero-order valence-electron chi connectivity index (χ0n) is 9.93. The van der Waals surface area contributed by atoms with Crippen LogP contribution in [0.1, 0.15) is 0 Å². The Morgan fingerprint density at radius 1 is 0.857 bits per heavy atom. The molecule has 0 bridgehead atoms. The van der Waals surface area contributed by atoms with Gasteiger partial charge in [0.05, 0.1) is 14.8 Å². The fourth-order valence-corrected chi connectivity index (χ4v) is 1.56. The van der Waals surface area contributed by atoms with Crippen molar-refractivity contribution < 1.29 is 19.6 Å². The summed E-state index contributed by atoms with van der Waals surface area (Å²) in [6.07, 6.45) is 0. The molecule has 14 heteroatoms. The van der Waals surface area contributed by atoms with E-state index in [1.165, 1.54) is 0 Å². The standard InChI is InChI=1S/C7H7N7O7/c8-1-3(11-7(10)15)6(14(20)21)5(13(18)19)2(9)4(1)12(16)17/h8-9H2,(H3,10,11,15). The lowest BCUT2D eigenvalue weighted by molar-refractivity contribution is -0.422. The molecule has 0 aliphatic heterocycles. The van der Waals surface area contributed by atoms with E-state index in [1.807, 2.05) is 0 Å². The van der Waals surface area contributed by atoms with E-state index in [9.17, 15) is 35.1 Å². The highest BCUT2D eigenvalue weighted by molar-refractivity contribution is 6.04. The molecular formula is C7H7N7O7. The number of amides is 2. The third-order valence-corrected chi connectivity index (χ3v) is 2.29. The Hall–Kier alpha value is -3.71. The van der Waals surface area contributed by atoms with Crippen molar-refractivity contribution in [3.8, 4) is 0 Å². The molecule has 0 aliphatic carbocycles. The largest absolute Gasteiger partial charge is 0.391 e. The predicted molar refractivity (Wildman–Crippen MR) is 68.4 cm³/mol. The van der Waals surface area contributed by atoms with Crippen LogP contribution in [0.3, 0.4) is 0 Å². The number of anilines is 3. The van der Waals surface area contributed by atoms with Gasteiger partial charge in [0.25, 0.3) is 0 Å². The van der Waals surface area contributed by atoms with Crippen LogP contribution in [0.25, 0.3) is 0 Å². The number of hydrogen-bond acceptors (Lipinski definition) is 9. The molecule has 2 amide bonds. The molecule has 112 valence electrons. The molecule has 0 atom stereocenters. The average molecular weight is 301 g/mol. The third-order valence-electron chi connectivity index (χ3n) is 2.29. The van der Waals surface area contributed by atoms with Gasteiger partial charge in [0.15, 0.2) is 11.4 Å². The van der Waals surface area contributed by atoms with Crippen LogP contribution in [-0.4, -0.2) is 20.8 Å². The van der Waals surface area contributed by atoms with Gasteiger partial charge in [0.2, 0.25) is 0 Å². The van der Waals surface area contributed by atoms with Gasteiger partial charge in [0.1, 0.15) is 5.69 Å². The van der Waals surface area contributed by atoms with Crippen LogP contribution < -0.4 is 22.5 Å². The van der Waals surface area contributed by atoms with Gasteiger partial charge in [-0.15, -0.1) is 0 Å². The lowest BCUT2D eigenvalue weighted by Gasteiger charge is -2.09. The van der Waals surface area contributed by atoms with Gasteiger partial charge < -0.3 is 22.5 Å². The van der Waals surface area contributed by atoms with Gasteiger partial charge in [-0.05, 0) is 0 Å². The Kier molecular flexibility index (Phi) is 3.74. The molecule has 0 aromatic heterocycles. The number of nitrogens with two attached hydrogens (primary N) is 3. The van der Waals surface area contributed by atoms with Crippen LogP contribution in [0.2, 0.25) is 0 Å². The molecular weight excluding hydrogens is 294 g/mol. The van der Waals surface area contributed by atoms with E-state index in [1.54, 1.807) is 5.32 Å². The number of carbonyl (C=O) groups excluding carboxylic acids is 1. The molecule has 0 spiro atoms. The summed E-state index contributed by atoms with van der Waals surface area (Å²) in [7, 11) is 0. The maximum Gasteiger partial charge on any atom is 0.378 e. The number of nitrogens with zero attached hydrogens (tertiary/aromatic N) is 3. The second-order valence-corrected chi connectivity index (χ2v) is 3.51. The summed E-state index contributed by atoms with van der Waals surface area (Å²) in [4.78, 5) is 39.7. The fraction of sp³-hybridized carbons (Fsp3) is 0. The summed E-state index contributed by atoms with van der Waals surface area (Å²) in [6, 6.07) is -1.36. The molecule has 7 N–H and O–H groups in total. The summed E-state index contributed by atoms with van der Waals surface area (Å²) in [5, 5.41) is 34.3. The lowest BCUT2D eigenvalue weighted by atomic mass is 10.1. The minimum Gasteiger partial charge on any atom is -0.391 e. The van der Waals surface area contributed by atoms with Crippen LogP contribution in [0, 0.1) is 30.3 Å². The Morgan fingerprint density at radius 2 is 1.29 bits per heavy atom. The van der Waals surface area contributed by atoms with Crippen molar-refractivity contribution in [1.82, 2.24) is 0 Å². The van der Waals surface area contributed by atoms with Crippen molar-refractivity contribution in [3.05, 3.63) is 30.3 Å². The monoisotopic (exact) mass is 301 g/mol. The van der Waals surface area contributed by atoms with Crippen molar-refractivity contribution in [3.63, 3.8) is 0 Å². The molecule has 0 aliphatic rings. The molecule has 1 aromatic carbocycles. The smallest absolute Gasteiger partial charge is 0.378 e. The number of nitro groups is 3. The van der Waals surface area contributed by atoms with Crippen molar-refractivity contribution in [2.75, 3.05) is 16.8 Å². The number of nitro benzene ring substituents is 3. The molecule has 1 rings (SSSR count). The first-order valence-electron chi connectivity index (χ1n) is 4.84. The molecule has 0 fully saturated rings. The summed E-state index contributed by atoms with van der Waals surface area (Å²) < 4.78 is 0. The minimum absolute atomic E-state index is 0.923. The molecule has 1 aromatic rings. The van der Waals surface area contributed by atoms with Gasteiger partial charge in [-0.25, -0.2) is 4.79 Å². The van der Waals surface area contributed by atoms with Crippen molar-refractivity contribution in [1.29, 1.82) is 0 Å². The zero-order valence-corrected chi connectivity index (χ0v) is 9.93. The Labute approximate surface area is 113 Å². The summed E-state index contributed by atoms with van der Waals surface area (Å²) in [5.41, 5.74) is 8.47. The van der Waals surface area contributed by atoms with E-state index in [2.05, 4.69) is 0 Å². The second kappa shape index (κ2) is 5.11. The van der Waals surface area contributed by atoms with Crippen LogP contribution in [0.5, 0.6) is 0 Å². The lowest BCUT2D eigenvalue weighted by Crippen LogP contribution is -2.22. The second-order valence-electron chi connectivity index (χ2n) is 3.51. The number of nitrogens with one attached hydrogen (secondary N) is 1. The topological polar surface area (TPSA) is 237 Å². The molecule has 21 heavy (non-hydrogen) atoms. The van der Waals surface area contributed by atoms with Crippen LogP contribution in [0.4, 0.5) is 38.9 Å². The van der Waals surface area contributed by atoms with E-state index in [0.29, 0.717) is 0 Å². The van der Waals surface area contributed by atoms with Gasteiger partial charge in [0, 0.05) is 0 Å². The molecule has 0 radical (unpaired) electrons. The van der Waals surface area contributed by atoms with Gasteiger partial charge >= 0.3 is 23.1 Å². The third kappa shape index (κ3) is 2.53. The highest BCUT2D eigenvalue weighted by Crippen LogP contribution is 2.49. The van der Waals surface area contributed by atoms with E-state index in [-0.39, 0.29) is 0 Å². The zero-order chi connectivity index (χ0) is 16.5. The normalized spacial score (nSPS) is 9.90. The predicted octanol–water partition coefficient (Wildman–Crippen LogP) is 0.0662. The maximum absolute atomic E-state index is 10.9. The van der Waals surface area contributed by atoms with E-state index < -0.39 is 54.9 Å². The van der Waals surface area contributed by atoms with Gasteiger partial charge in [-0.3, -0.25) is 30.3 Å². The first-order chi connectivity index (χ1) is 9.59. The number of urea groups is 1. The van der Waals surface area contributed by atoms with Crippen LogP contribution >= 0.6 is 0 Å². The summed E-state index contributed by atoms with van der Waals surface area (Å²) >= 11 is 0. The first-order valence-corrected chi connectivity index (χ1v) is 4.84. The fourth-order valence-electron chi connectivity index (χ4n) is 1.56. The van der Waals surface area contributed by atoms with Crippen LogP contribution in [-0.2, 0) is 0 Å².